The van der Waals surface area contributed by atoms with Crippen LogP contribution in [0.15, 0.2) is 143 Å². The van der Waals surface area contributed by atoms with Crippen LogP contribution in [0.3, 0.4) is 0 Å². The van der Waals surface area contributed by atoms with E-state index in [0.29, 0.717) is 96.2 Å². The van der Waals surface area contributed by atoms with Crippen molar-refractivity contribution >= 4 is 48.9 Å². The molecule has 3 N–H and O–H groups in total. The van der Waals surface area contributed by atoms with Gasteiger partial charge in [0.15, 0.2) is 10.3 Å². The third kappa shape index (κ3) is 18.8. The van der Waals surface area contributed by atoms with Gasteiger partial charge in [-0.2, -0.15) is 0 Å². The van der Waals surface area contributed by atoms with Gasteiger partial charge >= 0.3 is 0 Å². The van der Waals surface area contributed by atoms with Gasteiger partial charge in [0, 0.05) is 136 Å². The molecule has 0 amide bonds. The van der Waals surface area contributed by atoms with E-state index in [-0.39, 0.29) is 22.6 Å². The summed E-state index contributed by atoms with van der Waals surface area (Å²) >= 11 is 0. The maximum absolute atomic E-state index is 13.6. The molecule has 3 aliphatic rings. The summed E-state index contributed by atoms with van der Waals surface area (Å²) in [5.41, 5.74) is 8.94. The first-order chi connectivity index (χ1) is 47.0. The molecular formula is C72H87F3N12O7S3. The molecule has 6 heterocycles. The molecule has 19 nitrogen and oxygen atoms in total. The van der Waals surface area contributed by atoms with Gasteiger partial charge in [0.2, 0.25) is 15.0 Å². The number of nitrogens with zero attached hydrogens (tertiary/aromatic N) is 9. The van der Waals surface area contributed by atoms with Crippen molar-refractivity contribution in [1.82, 2.24) is 43.6 Å². The summed E-state index contributed by atoms with van der Waals surface area (Å²) in [6.45, 7) is 2.77. The number of anilines is 3. The van der Waals surface area contributed by atoms with Crippen LogP contribution in [0.2, 0.25) is 0 Å². The highest BCUT2D eigenvalue weighted by Crippen LogP contribution is 2.39. The molecule has 516 valence electrons. The van der Waals surface area contributed by atoms with Crippen molar-refractivity contribution in [3.05, 3.63) is 145 Å². The van der Waals surface area contributed by atoms with Crippen molar-refractivity contribution < 1.29 is 44.2 Å². The van der Waals surface area contributed by atoms with Crippen LogP contribution < -0.4 is 16.0 Å². The third-order valence-electron chi connectivity index (χ3n) is 17.5. The SMILES string of the molecule is COCCCn1c(S(C)=O)nc(-c2ccc(F)cc2)c1-c1ccnc(NC2CCCCC2)c1.COCCn1c(S(C)(=O)=O)nc(-c2ccc(F)cc2)c1-c1ccnc(NC2CCCCC2)c1.COCCn1c(S(C)=O)nc(-c2ccc(F)cc2)c1-c1ccnc(NC2CCCC2)c1. The summed E-state index contributed by atoms with van der Waals surface area (Å²) in [7, 11) is -1.36. The topological polar surface area (TPSA) is 224 Å². The summed E-state index contributed by atoms with van der Waals surface area (Å²) in [5, 5.41) is 11.6. The monoisotopic (exact) mass is 1380 g/mol. The molecule has 9 aromatic rings. The van der Waals surface area contributed by atoms with E-state index < -0.39 is 31.4 Å². The van der Waals surface area contributed by atoms with Gasteiger partial charge in [-0.05, 0) is 154 Å². The number of halogens is 3. The maximum atomic E-state index is 13.6. The molecule has 0 saturated heterocycles. The molecule has 97 heavy (non-hydrogen) atoms. The minimum absolute atomic E-state index is 0.0486. The van der Waals surface area contributed by atoms with Crippen LogP contribution in [-0.2, 0) is 65.3 Å². The Balaban J connectivity index is 0.000000158. The van der Waals surface area contributed by atoms with E-state index in [4.69, 9.17) is 24.2 Å². The molecule has 12 rings (SSSR count). The lowest BCUT2D eigenvalue weighted by Crippen LogP contribution is -2.22. The van der Waals surface area contributed by atoms with E-state index >= 15 is 0 Å². The Kier molecular flexibility index (Phi) is 25.6. The molecule has 2 unspecified atom stereocenters. The Labute approximate surface area is 571 Å². The number of ether oxygens (including phenoxy) is 3. The van der Waals surface area contributed by atoms with Gasteiger partial charge in [-0.3, -0.25) is 8.42 Å². The zero-order valence-corrected chi connectivity index (χ0v) is 58.4. The number of sulfone groups is 1. The number of hydrogen-bond donors (Lipinski definition) is 3. The number of aromatic nitrogens is 9. The second kappa shape index (κ2) is 34.5. The number of rotatable bonds is 25. The van der Waals surface area contributed by atoms with Crippen molar-refractivity contribution in [3.8, 4) is 67.5 Å². The average molecular weight is 1390 g/mol. The minimum Gasteiger partial charge on any atom is -0.385 e. The lowest BCUT2D eigenvalue weighted by Gasteiger charge is -2.23. The number of nitrogens with one attached hydrogen (secondary N) is 3. The van der Waals surface area contributed by atoms with Gasteiger partial charge in [0.25, 0.3) is 0 Å². The lowest BCUT2D eigenvalue weighted by molar-refractivity contribution is 0.185. The Morgan fingerprint density at radius 2 is 0.763 bits per heavy atom. The maximum Gasteiger partial charge on any atom is 0.228 e. The predicted octanol–water partition coefficient (Wildman–Crippen LogP) is 14.3. The van der Waals surface area contributed by atoms with Gasteiger partial charge < -0.3 is 43.9 Å². The van der Waals surface area contributed by atoms with Crippen molar-refractivity contribution in [2.45, 2.75) is 150 Å². The first-order valence-electron chi connectivity index (χ1n) is 33.1. The molecule has 2 atom stereocenters. The Bertz CT molecular complexity index is 4210. The molecule has 0 aliphatic heterocycles. The second-order valence-corrected chi connectivity index (χ2v) is 29.1. The smallest absolute Gasteiger partial charge is 0.228 e. The van der Waals surface area contributed by atoms with E-state index in [9.17, 15) is 30.0 Å². The zero-order chi connectivity index (χ0) is 68.4. The number of methoxy groups -OCH3 is 3. The van der Waals surface area contributed by atoms with Gasteiger partial charge in [-0.15, -0.1) is 0 Å². The fraction of sp³-hybridized carbons (Fsp3) is 0.417. The lowest BCUT2D eigenvalue weighted by atomic mass is 9.95. The summed E-state index contributed by atoms with van der Waals surface area (Å²) in [4.78, 5) is 27.5. The highest BCUT2D eigenvalue weighted by atomic mass is 32.2. The van der Waals surface area contributed by atoms with E-state index in [1.807, 2.05) is 45.5 Å². The third-order valence-corrected chi connectivity index (χ3v) is 20.1. The van der Waals surface area contributed by atoms with Gasteiger partial charge in [0.05, 0.1) is 69.0 Å². The summed E-state index contributed by atoms with van der Waals surface area (Å²) in [6, 6.07) is 31.3. The molecule has 0 bridgehead atoms. The molecule has 0 spiro atoms. The van der Waals surface area contributed by atoms with Crippen LogP contribution in [0.5, 0.6) is 0 Å². The zero-order valence-electron chi connectivity index (χ0n) is 55.9. The summed E-state index contributed by atoms with van der Waals surface area (Å²) < 4.78 is 113. The van der Waals surface area contributed by atoms with Crippen LogP contribution in [0.1, 0.15) is 96.3 Å². The van der Waals surface area contributed by atoms with Crippen LogP contribution in [0.25, 0.3) is 67.5 Å². The average Bonchev–Trinajstić information content (AvgIpc) is 1.64. The van der Waals surface area contributed by atoms with Crippen molar-refractivity contribution in [2.24, 2.45) is 0 Å². The van der Waals surface area contributed by atoms with Crippen LogP contribution >= 0.6 is 0 Å². The van der Waals surface area contributed by atoms with E-state index in [0.717, 1.165) is 108 Å². The van der Waals surface area contributed by atoms with Crippen LogP contribution in [-0.4, -0.2) is 138 Å². The number of hydrogen-bond acceptors (Lipinski definition) is 16. The predicted molar refractivity (Wildman–Crippen MR) is 377 cm³/mol. The molecule has 3 aromatic carbocycles. The molecule has 0 radical (unpaired) electrons. The van der Waals surface area contributed by atoms with Crippen LogP contribution in [0.4, 0.5) is 30.6 Å². The van der Waals surface area contributed by atoms with Crippen molar-refractivity contribution in [2.75, 3.05) is 75.9 Å². The first-order valence-corrected chi connectivity index (χ1v) is 38.1. The standard InChI is InChI=1S/C25H31FN4O2S.C24H29FN4O3S.C23H27FN4O2S/c1-32-16-6-15-30-24(19-13-14-27-22(17-19)28-21-7-4-3-5-8-21)23(29-25(30)33(2)31)18-9-11-20(26)12-10-18;1-32-15-14-29-23(18-12-13-26-21(16-18)27-20-6-4-3-5-7-20)22(28-24(29)33(2,30)31)17-8-10-19(25)11-9-17;1-30-14-13-28-22(17-11-12-25-20(15-17)26-19-5-3-4-6-19)21(27-23(28)31(2)29)16-7-9-18(24)10-8-16/h9-14,17,21H,3-8,15-16H2,1-2H3,(H,27,28);8-13,16,20H,3-7,14-15H2,1-2H3,(H,26,27);7-12,15,19H,3-6,13-14H2,1-2H3,(H,25,26). The Morgan fingerprint density at radius 3 is 1.10 bits per heavy atom. The Morgan fingerprint density at radius 1 is 0.443 bits per heavy atom. The minimum atomic E-state index is -3.63. The second-order valence-electron chi connectivity index (χ2n) is 24.6. The molecule has 6 aromatic heterocycles. The molecule has 25 heteroatoms. The van der Waals surface area contributed by atoms with Crippen molar-refractivity contribution in [1.29, 1.82) is 0 Å². The quantitative estimate of drug-likeness (QED) is 0.0452. The normalized spacial score (nSPS) is 15.3. The number of benzene rings is 3. The highest BCUT2D eigenvalue weighted by molar-refractivity contribution is 7.90. The van der Waals surface area contributed by atoms with Crippen LogP contribution in [0, 0.1) is 17.5 Å². The highest BCUT2D eigenvalue weighted by Gasteiger charge is 2.29. The summed E-state index contributed by atoms with van der Waals surface area (Å²) in [5.74, 6) is 1.40. The van der Waals surface area contributed by atoms with Gasteiger partial charge in [-0.25, -0.2) is 51.5 Å². The fourth-order valence-corrected chi connectivity index (χ4v) is 15.1. The van der Waals surface area contributed by atoms with Gasteiger partial charge in [-0.1, -0.05) is 51.4 Å². The molecule has 3 fully saturated rings. The molecule has 3 aliphatic carbocycles. The Hall–Kier alpha value is -7.94. The van der Waals surface area contributed by atoms with E-state index in [1.54, 1.807) is 93.4 Å². The number of pyridine rings is 3. The van der Waals surface area contributed by atoms with Gasteiger partial charge in [0.1, 0.15) is 34.9 Å². The van der Waals surface area contributed by atoms with Crippen molar-refractivity contribution in [3.63, 3.8) is 0 Å². The fourth-order valence-electron chi connectivity index (χ4n) is 12.8. The molecule has 3 saturated carbocycles. The van der Waals surface area contributed by atoms with E-state index in [2.05, 4.69) is 35.9 Å². The van der Waals surface area contributed by atoms with E-state index in [1.165, 1.54) is 87.8 Å². The molecular weight excluding hydrogens is 1300 g/mol. The first kappa shape index (κ1) is 71.8. The summed E-state index contributed by atoms with van der Waals surface area (Å²) in [6.07, 6.45) is 27.2. The largest absolute Gasteiger partial charge is 0.385 e. The number of imidazole rings is 3.